The number of carbonyl (C=O) groups is 1. The predicted molar refractivity (Wildman–Crippen MR) is 94.2 cm³/mol. The molecule has 3 rings (SSSR count). The maximum Gasteiger partial charge on any atom is 0.256 e. The third kappa shape index (κ3) is 3.03. The van der Waals surface area contributed by atoms with E-state index in [0.29, 0.717) is 25.1 Å². The molecule has 0 aliphatic carbocycles. The zero-order valence-corrected chi connectivity index (χ0v) is 14.4. The van der Waals surface area contributed by atoms with E-state index in [1.54, 1.807) is 4.90 Å². The fraction of sp³-hybridized carbons (Fsp3) is 0.632. The summed E-state index contributed by atoms with van der Waals surface area (Å²) in [7, 11) is 0. The van der Waals surface area contributed by atoms with Crippen LogP contribution >= 0.6 is 0 Å². The van der Waals surface area contributed by atoms with Gasteiger partial charge in [0, 0.05) is 25.0 Å². The molecule has 0 saturated carbocycles. The van der Waals surface area contributed by atoms with Crippen LogP contribution in [0.4, 0.5) is 5.69 Å². The number of nitrogens with one attached hydrogen (secondary N) is 1. The Morgan fingerprint density at radius 3 is 3.00 bits per heavy atom. The fourth-order valence-electron chi connectivity index (χ4n) is 4.11. The van der Waals surface area contributed by atoms with Crippen molar-refractivity contribution in [2.24, 2.45) is 5.41 Å². The number of para-hydroxylation sites is 1. The molecular formula is C19H28N2O3. The van der Waals surface area contributed by atoms with Gasteiger partial charge in [0.05, 0.1) is 24.0 Å². The third-order valence-electron chi connectivity index (χ3n) is 5.64. The van der Waals surface area contributed by atoms with Crippen molar-refractivity contribution >= 4 is 11.6 Å². The quantitative estimate of drug-likeness (QED) is 0.789. The van der Waals surface area contributed by atoms with Crippen LogP contribution in [0, 0.1) is 5.41 Å². The lowest BCUT2D eigenvalue weighted by molar-refractivity contribution is -0.0713. The topological polar surface area (TPSA) is 72.8 Å². The number of anilines is 1. The van der Waals surface area contributed by atoms with Crippen LogP contribution in [0.1, 0.15) is 48.5 Å². The lowest BCUT2D eigenvalue weighted by Crippen LogP contribution is -2.54. The van der Waals surface area contributed by atoms with Gasteiger partial charge in [-0.25, -0.2) is 0 Å². The summed E-state index contributed by atoms with van der Waals surface area (Å²) >= 11 is 0. The van der Waals surface area contributed by atoms with Gasteiger partial charge in [0.2, 0.25) is 0 Å². The number of likely N-dealkylation sites (tertiary alicyclic amines) is 1. The maximum atomic E-state index is 13.0. The van der Waals surface area contributed by atoms with Crippen molar-refractivity contribution in [2.75, 3.05) is 31.6 Å². The number of β-amino-alcohol motifs (C(OH)–C–C–N with tert-alkyl or cyclic N) is 1. The Hall–Kier alpha value is -1.59. The Bertz CT molecular complexity index is 604. The molecule has 2 heterocycles. The highest BCUT2D eigenvalue weighted by Gasteiger charge is 2.42. The van der Waals surface area contributed by atoms with Gasteiger partial charge >= 0.3 is 0 Å². The van der Waals surface area contributed by atoms with Gasteiger partial charge in [0.15, 0.2) is 0 Å². The second-order valence-electron chi connectivity index (χ2n) is 7.16. The van der Waals surface area contributed by atoms with Crippen molar-refractivity contribution in [3.05, 3.63) is 29.3 Å². The molecular weight excluding hydrogens is 304 g/mol. The van der Waals surface area contributed by atoms with Crippen molar-refractivity contribution in [1.29, 1.82) is 0 Å². The summed E-state index contributed by atoms with van der Waals surface area (Å²) in [5, 5.41) is 23.7. The molecule has 2 aliphatic rings. The number of piperidine rings is 1. The van der Waals surface area contributed by atoms with Gasteiger partial charge in [-0.3, -0.25) is 4.79 Å². The van der Waals surface area contributed by atoms with Crippen LogP contribution in [-0.2, 0) is 6.42 Å². The van der Waals surface area contributed by atoms with Crippen molar-refractivity contribution in [3.63, 3.8) is 0 Å². The van der Waals surface area contributed by atoms with Crippen molar-refractivity contribution in [1.82, 2.24) is 4.90 Å². The van der Waals surface area contributed by atoms with Gasteiger partial charge < -0.3 is 20.4 Å². The monoisotopic (exact) mass is 332 g/mol. The second kappa shape index (κ2) is 7.11. The molecule has 1 amide bonds. The highest BCUT2D eigenvalue weighted by Crippen LogP contribution is 2.37. The van der Waals surface area contributed by atoms with Crippen molar-refractivity contribution in [2.45, 2.75) is 45.1 Å². The van der Waals surface area contributed by atoms with Crippen LogP contribution in [0.2, 0.25) is 0 Å². The number of fused-ring (bicyclic) bond motifs is 1. The molecule has 0 unspecified atom stereocenters. The fourth-order valence-corrected chi connectivity index (χ4v) is 4.11. The number of aryl methyl sites for hydroxylation is 1. The first kappa shape index (κ1) is 17.2. The molecule has 0 bridgehead atoms. The van der Waals surface area contributed by atoms with Crippen LogP contribution in [-0.4, -0.2) is 53.4 Å². The number of carbonyl (C=O) groups excluding carboxylic acids is 1. The average Bonchev–Trinajstić information content (AvgIpc) is 2.62. The standard InChI is InChI=1S/C19H28N2O3/c1-2-8-19(13-22)9-11-21(12-16(19)23)18(24)15-7-3-5-14-6-4-10-20-17(14)15/h3,5,7,16,20,22-23H,2,4,6,8-13H2,1H3/t16-,19+/m0/s1. The van der Waals surface area contributed by atoms with Crippen LogP contribution in [0.25, 0.3) is 0 Å². The zero-order valence-electron chi connectivity index (χ0n) is 14.4. The van der Waals surface area contributed by atoms with Gasteiger partial charge in [-0.2, -0.15) is 0 Å². The molecule has 0 spiro atoms. The summed E-state index contributed by atoms with van der Waals surface area (Å²) in [4.78, 5) is 14.7. The Kier molecular flexibility index (Phi) is 5.11. The number of nitrogens with zero attached hydrogens (tertiary/aromatic N) is 1. The van der Waals surface area contributed by atoms with Crippen molar-refractivity contribution in [3.8, 4) is 0 Å². The number of hydrogen-bond acceptors (Lipinski definition) is 4. The SMILES string of the molecule is CCC[C@]1(CO)CCN(C(=O)c2cccc3c2NCCC3)C[C@@H]1O. The number of hydrogen-bond donors (Lipinski definition) is 3. The molecule has 0 radical (unpaired) electrons. The maximum absolute atomic E-state index is 13.0. The lowest BCUT2D eigenvalue weighted by Gasteiger charge is -2.44. The van der Waals surface area contributed by atoms with Crippen molar-refractivity contribution < 1.29 is 15.0 Å². The summed E-state index contributed by atoms with van der Waals surface area (Å²) < 4.78 is 0. The number of amides is 1. The first-order valence-electron chi connectivity index (χ1n) is 9.05. The van der Waals surface area contributed by atoms with Gasteiger partial charge in [-0.15, -0.1) is 0 Å². The lowest BCUT2D eigenvalue weighted by atomic mass is 9.73. The Morgan fingerprint density at radius 2 is 2.29 bits per heavy atom. The van der Waals surface area contributed by atoms with E-state index >= 15 is 0 Å². The minimum atomic E-state index is -0.673. The van der Waals surface area contributed by atoms with Gasteiger partial charge in [-0.05, 0) is 37.3 Å². The minimum absolute atomic E-state index is 0.0215. The largest absolute Gasteiger partial charge is 0.396 e. The molecule has 1 saturated heterocycles. The number of benzene rings is 1. The van der Waals surface area contributed by atoms with E-state index in [1.165, 1.54) is 5.56 Å². The number of aliphatic hydroxyl groups is 2. The number of rotatable bonds is 4. The van der Waals surface area contributed by atoms with E-state index < -0.39 is 11.5 Å². The summed E-state index contributed by atoms with van der Waals surface area (Å²) in [6, 6.07) is 5.88. The average molecular weight is 332 g/mol. The van der Waals surface area contributed by atoms with Crippen LogP contribution in [0.5, 0.6) is 0 Å². The smallest absolute Gasteiger partial charge is 0.256 e. The first-order chi connectivity index (χ1) is 11.6. The zero-order chi connectivity index (χ0) is 17.2. The Labute approximate surface area is 143 Å². The van der Waals surface area contributed by atoms with Gasteiger partial charge in [-0.1, -0.05) is 25.5 Å². The molecule has 2 atom stereocenters. The molecule has 5 nitrogen and oxygen atoms in total. The summed E-state index contributed by atoms with van der Waals surface area (Å²) in [6.45, 7) is 3.81. The summed E-state index contributed by atoms with van der Waals surface area (Å²) in [5.74, 6) is -0.0247. The summed E-state index contributed by atoms with van der Waals surface area (Å²) in [5.41, 5.74) is 2.39. The molecule has 0 aromatic heterocycles. The van der Waals surface area contributed by atoms with Gasteiger partial charge in [0.1, 0.15) is 0 Å². The molecule has 2 aliphatic heterocycles. The predicted octanol–water partition coefficient (Wildman–Crippen LogP) is 2.03. The van der Waals surface area contributed by atoms with Gasteiger partial charge in [0.25, 0.3) is 5.91 Å². The first-order valence-corrected chi connectivity index (χ1v) is 9.05. The van der Waals surface area contributed by atoms with Crippen LogP contribution in [0.3, 0.4) is 0 Å². The van der Waals surface area contributed by atoms with E-state index in [4.69, 9.17) is 0 Å². The molecule has 1 aromatic carbocycles. The number of aliphatic hydroxyl groups excluding tert-OH is 2. The van der Waals surface area contributed by atoms with E-state index in [-0.39, 0.29) is 12.5 Å². The minimum Gasteiger partial charge on any atom is -0.396 e. The molecule has 1 fully saturated rings. The highest BCUT2D eigenvalue weighted by molar-refractivity contribution is 6.00. The van der Waals surface area contributed by atoms with E-state index in [9.17, 15) is 15.0 Å². The summed E-state index contributed by atoms with van der Waals surface area (Å²) in [6.07, 6.45) is 3.76. The van der Waals surface area contributed by atoms with E-state index in [0.717, 1.165) is 37.9 Å². The van der Waals surface area contributed by atoms with E-state index in [1.807, 2.05) is 12.1 Å². The van der Waals surface area contributed by atoms with Crippen LogP contribution < -0.4 is 5.32 Å². The van der Waals surface area contributed by atoms with E-state index in [2.05, 4.69) is 18.3 Å². The third-order valence-corrected chi connectivity index (χ3v) is 5.64. The molecule has 132 valence electrons. The molecule has 1 aromatic rings. The molecule has 3 N–H and O–H groups in total. The highest BCUT2D eigenvalue weighted by atomic mass is 16.3. The second-order valence-corrected chi connectivity index (χ2v) is 7.16. The molecule has 5 heteroatoms. The van der Waals surface area contributed by atoms with Crippen LogP contribution in [0.15, 0.2) is 18.2 Å². The Morgan fingerprint density at radius 1 is 1.46 bits per heavy atom. The normalized spacial score (nSPS) is 26.6. The molecule has 24 heavy (non-hydrogen) atoms. The Balaban J connectivity index is 1.78.